The molecule has 0 aliphatic carbocycles. The first-order valence-electron chi connectivity index (χ1n) is 10.1. The topological polar surface area (TPSA) is 45.7 Å². The van der Waals surface area contributed by atoms with Crippen LogP contribution in [-0.2, 0) is 11.3 Å². The van der Waals surface area contributed by atoms with Crippen molar-refractivity contribution >= 4 is 16.7 Å². The van der Waals surface area contributed by atoms with Crippen molar-refractivity contribution in [2.45, 2.75) is 19.4 Å². The third kappa shape index (κ3) is 4.40. The lowest BCUT2D eigenvalue weighted by Gasteiger charge is -2.36. The van der Waals surface area contributed by atoms with Crippen LogP contribution >= 0.6 is 0 Å². The van der Waals surface area contributed by atoms with Gasteiger partial charge in [0.15, 0.2) is 0 Å². The number of pyridine rings is 1. The van der Waals surface area contributed by atoms with Gasteiger partial charge in [0.25, 0.3) is 0 Å². The van der Waals surface area contributed by atoms with Gasteiger partial charge in [-0.2, -0.15) is 0 Å². The highest BCUT2D eigenvalue weighted by Crippen LogP contribution is 2.26. The number of nitrogens with zero attached hydrogens (tertiary/aromatic N) is 3. The van der Waals surface area contributed by atoms with Crippen molar-refractivity contribution < 1.29 is 9.53 Å². The average Bonchev–Trinajstić information content (AvgIpc) is 2.78. The summed E-state index contributed by atoms with van der Waals surface area (Å²) < 4.78 is 5.30. The van der Waals surface area contributed by atoms with Gasteiger partial charge in [0.1, 0.15) is 5.75 Å². The Hall–Kier alpha value is -2.92. The van der Waals surface area contributed by atoms with Crippen LogP contribution in [0.4, 0.5) is 0 Å². The van der Waals surface area contributed by atoms with Crippen molar-refractivity contribution in [1.82, 2.24) is 14.8 Å². The number of carbonyl (C=O) groups excluding carboxylic acids is 1. The smallest absolute Gasteiger partial charge is 0.229 e. The lowest BCUT2D eigenvalue weighted by molar-refractivity contribution is -0.134. The summed E-state index contributed by atoms with van der Waals surface area (Å²) in [6.45, 7) is 6.28. The van der Waals surface area contributed by atoms with Crippen molar-refractivity contribution in [1.29, 1.82) is 0 Å². The predicted molar refractivity (Wildman–Crippen MR) is 115 cm³/mol. The van der Waals surface area contributed by atoms with Gasteiger partial charge in [0, 0.05) is 45.1 Å². The highest BCUT2D eigenvalue weighted by Gasteiger charge is 2.26. The molecule has 2 aromatic carbocycles. The number of methoxy groups -OCH3 is 1. The fourth-order valence-electron chi connectivity index (χ4n) is 3.93. The van der Waals surface area contributed by atoms with E-state index in [1.165, 1.54) is 5.56 Å². The Balaban J connectivity index is 1.39. The van der Waals surface area contributed by atoms with Gasteiger partial charge < -0.3 is 9.64 Å². The number of amides is 1. The highest BCUT2D eigenvalue weighted by molar-refractivity contribution is 5.88. The number of hydrogen-bond acceptors (Lipinski definition) is 4. The molecule has 0 spiro atoms. The van der Waals surface area contributed by atoms with Crippen LogP contribution in [0.2, 0.25) is 0 Å². The Kier molecular flexibility index (Phi) is 5.76. The molecule has 1 fully saturated rings. The third-order valence-electron chi connectivity index (χ3n) is 5.78. The Morgan fingerprint density at radius 1 is 1.00 bits per heavy atom. The zero-order chi connectivity index (χ0) is 20.2. The summed E-state index contributed by atoms with van der Waals surface area (Å²) in [5, 5.41) is 2.25. The molecular formula is C24H27N3O2. The van der Waals surface area contributed by atoms with Gasteiger partial charge in [-0.3, -0.25) is 14.7 Å². The van der Waals surface area contributed by atoms with Crippen molar-refractivity contribution in [2.75, 3.05) is 33.3 Å². The molecule has 0 unspecified atom stereocenters. The Labute approximate surface area is 171 Å². The number of aromatic nitrogens is 1. The molecule has 2 heterocycles. The number of piperazine rings is 1. The summed E-state index contributed by atoms with van der Waals surface area (Å²) in [5.74, 6) is 0.911. The van der Waals surface area contributed by atoms with Crippen LogP contribution in [0.15, 0.2) is 60.9 Å². The Morgan fingerprint density at radius 3 is 2.41 bits per heavy atom. The fourth-order valence-corrected chi connectivity index (χ4v) is 3.93. The molecule has 150 valence electrons. The molecule has 3 aromatic rings. The summed E-state index contributed by atoms with van der Waals surface area (Å²) in [4.78, 5) is 21.6. The zero-order valence-electron chi connectivity index (χ0n) is 17.0. The van der Waals surface area contributed by atoms with Gasteiger partial charge >= 0.3 is 0 Å². The van der Waals surface area contributed by atoms with Gasteiger partial charge in [-0.1, -0.05) is 24.3 Å². The number of ether oxygens (including phenoxy) is 1. The second-order valence-electron chi connectivity index (χ2n) is 7.65. The van der Waals surface area contributed by atoms with Crippen LogP contribution in [0, 0.1) is 0 Å². The summed E-state index contributed by atoms with van der Waals surface area (Å²) >= 11 is 0. The van der Waals surface area contributed by atoms with Crippen LogP contribution in [0.3, 0.4) is 0 Å². The van der Waals surface area contributed by atoms with Crippen molar-refractivity contribution in [3.63, 3.8) is 0 Å². The fraction of sp³-hybridized carbons (Fsp3) is 0.333. The van der Waals surface area contributed by atoms with Gasteiger partial charge in [-0.25, -0.2) is 0 Å². The van der Waals surface area contributed by atoms with Gasteiger partial charge in [-0.05, 0) is 53.1 Å². The number of fused-ring (bicyclic) bond motifs is 1. The minimum absolute atomic E-state index is 0.145. The lowest BCUT2D eigenvalue weighted by atomic mass is 9.96. The normalized spacial score (nSPS) is 16.0. The van der Waals surface area contributed by atoms with Crippen molar-refractivity contribution in [2.24, 2.45) is 0 Å². The molecule has 0 bridgehead atoms. The van der Waals surface area contributed by atoms with Crippen LogP contribution in [0.1, 0.15) is 24.0 Å². The van der Waals surface area contributed by atoms with E-state index in [1.807, 2.05) is 42.4 Å². The number of rotatable bonds is 5. The van der Waals surface area contributed by atoms with Crippen LogP contribution in [0.5, 0.6) is 5.75 Å². The predicted octanol–water partition coefficient (Wildman–Crippen LogP) is 3.69. The quantitative estimate of drug-likeness (QED) is 0.668. The number of carbonyl (C=O) groups is 1. The molecule has 1 aliphatic rings. The molecule has 0 radical (unpaired) electrons. The largest absolute Gasteiger partial charge is 0.497 e. The second-order valence-corrected chi connectivity index (χ2v) is 7.65. The van der Waals surface area contributed by atoms with Gasteiger partial charge in [0.05, 0.1) is 13.0 Å². The van der Waals surface area contributed by atoms with E-state index in [0.717, 1.165) is 54.8 Å². The molecule has 4 rings (SSSR count). The average molecular weight is 389 g/mol. The Bertz CT molecular complexity index is 982. The first-order valence-corrected chi connectivity index (χ1v) is 10.1. The second kappa shape index (κ2) is 8.62. The highest BCUT2D eigenvalue weighted by atomic mass is 16.5. The molecule has 1 amide bonds. The van der Waals surface area contributed by atoms with Crippen molar-refractivity contribution in [3.8, 4) is 5.75 Å². The van der Waals surface area contributed by atoms with E-state index >= 15 is 0 Å². The standard InChI is InChI=1S/C24H27N3O2/c1-18(20-3-4-22-16-23(29-2)6-5-21(22)15-20)24(28)27-13-11-26(12-14-27)17-19-7-9-25-10-8-19/h3-10,15-16,18H,11-14,17H2,1-2H3/t18-/m1/s1. The van der Waals surface area contributed by atoms with E-state index in [0.29, 0.717) is 0 Å². The van der Waals surface area contributed by atoms with E-state index < -0.39 is 0 Å². The number of hydrogen-bond donors (Lipinski definition) is 0. The summed E-state index contributed by atoms with van der Waals surface area (Å²) in [5.41, 5.74) is 2.33. The minimum atomic E-state index is -0.145. The third-order valence-corrected chi connectivity index (χ3v) is 5.78. The first kappa shape index (κ1) is 19.4. The van der Waals surface area contributed by atoms with Gasteiger partial charge in [0.2, 0.25) is 5.91 Å². The monoisotopic (exact) mass is 389 g/mol. The summed E-state index contributed by atoms with van der Waals surface area (Å²) in [6, 6.07) is 16.4. The van der Waals surface area contributed by atoms with E-state index in [2.05, 4.69) is 40.2 Å². The molecule has 5 heteroatoms. The molecule has 1 atom stereocenters. The molecular weight excluding hydrogens is 362 g/mol. The van der Waals surface area contributed by atoms with E-state index in [1.54, 1.807) is 7.11 Å². The lowest BCUT2D eigenvalue weighted by Crippen LogP contribution is -2.49. The molecule has 1 aliphatic heterocycles. The maximum absolute atomic E-state index is 13.1. The van der Waals surface area contributed by atoms with Crippen molar-refractivity contribution in [3.05, 3.63) is 72.1 Å². The van der Waals surface area contributed by atoms with Crippen LogP contribution in [-0.4, -0.2) is 54.0 Å². The molecule has 1 aromatic heterocycles. The SMILES string of the molecule is COc1ccc2cc([C@@H](C)C(=O)N3CCN(Cc4ccncc4)CC3)ccc2c1. The van der Waals surface area contributed by atoms with Gasteiger partial charge in [-0.15, -0.1) is 0 Å². The van der Waals surface area contributed by atoms with Crippen LogP contribution in [0.25, 0.3) is 10.8 Å². The molecule has 0 N–H and O–H groups in total. The van der Waals surface area contributed by atoms with Crippen LogP contribution < -0.4 is 4.74 Å². The minimum Gasteiger partial charge on any atom is -0.497 e. The summed E-state index contributed by atoms with van der Waals surface area (Å²) in [7, 11) is 1.67. The van der Waals surface area contributed by atoms with E-state index in [-0.39, 0.29) is 11.8 Å². The van der Waals surface area contributed by atoms with E-state index in [9.17, 15) is 4.79 Å². The zero-order valence-corrected chi connectivity index (χ0v) is 17.0. The maximum atomic E-state index is 13.1. The molecule has 29 heavy (non-hydrogen) atoms. The summed E-state index contributed by atoms with van der Waals surface area (Å²) in [6.07, 6.45) is 3.66. The number of benzene rings is 2. The molecule has 0 saturated carbocycles. The first-order chi connectivity index (χ1) is 14.1. The maximum Gasteiger partial charge on any atom is 0.229 e. The molecule has 1 saturated heterocycles. The Morgan fingerprint density at radius 2 is 1.69 bits per heavy atom. The molecule has 5 nitrogen and oxygen atoms in total. The van der Waals surface area contributed by atoms with E-state index in [4.69, 9.17) is 4.74 Å².